The molecular weight excluding hydrogens is 510 g/mol. The van der Waals surface area contributed by atoms with Crippen molar-refractivity contribution < 1.29 is 18.0 Å². The molecule has 3 aromatic rings. The fraction of sp³-hybridized carbons (Fsp3) is 0.355. The predicted molar refractivity (Wildman–Crippen MR) is 156 cm³/mol. The van der Waals surface area contributed by atoms with E-state index in [2.05, 4.69) is 5.32 Å². The highest BCUT2D eigenvalue weighted by molar-refractivity contribution is 7.92. The van der Waals surface area contributed by atoms with Crippen LogP contribution in [0.5, 0.6) is 0 Å². The van der Waals surface area contributed by atoms with Crippen molar-refractivity contribution in [1.29, 1.82) is 0 Å². The quantitative estimate of drug-likeness (QED) is 0.352. The van der Waals surface area contributed by atoms with E-state index >= 15 is 0 Å². The first-order valence-electron chi connectivity index (χ1n) is 13.4. The molecule has 0 aromatic heterocycles. The number of aryl methyl sites for hydroxylation is 3. The average molecular weight is 550 g/mol. The lowest BCUT2D eigenvalue weighted by Gasteiger charge is -2.33. The molecule has 0 bridgehead atoms. The van der Waals surface area contributed by atoms with E-state index in [4.69, 9.17) is 0 Å². The number of amides is 2. The molecule has 2 amide bonds. The molecule has 208 valence electrons. The Balaban J connectivity index is 2.05. The third-order valence-electron chi connectivity index (χ3n) is 6.74. The molecule has 39 heavy (non-hydrogen) atoms. The molecule has 1 N–H and O–H groups in total. The lowest BCUT2D eigenvalue weighted by molar-refractivity contribution is -0.139. The van der Waals surface area contributed by atoms with Crippen molar-refractivity contribution in [3.05, 3.63) is 95.1 Å². The minimum absolute atomic E-state index is 0.105. The lowest BCUT2D eigenvalue weighted by atomic mass is 10.1. The van der Waals surface area contributed by atoms with Gasteiger partial charge < -0.3 is 10.2 Å². The number of anilines is 1. The van der Waals surface area contributed by atoms with Crippen molar-refractivity contribution in [3.8, 4) is 0 Å². The smallest absolute Gasteiger partial charge is 0.264 e. The summed E-state index contributed by atoms with van der Waals surface area (Å²) in [5.41, 5.74) is 4.01. The summed E-state index contributed by atoms with van der Waals surface area (Å²) in [6.07, 6.45) is 0.942. The molecule has 0 heterocycles. The Labute approximate surface area is 232 Å². The summed E-state index contributed by atoms with van der Waals surface area (Å²) in [4.78, 5) is 28.7. The van der Waals surface area contributed by atoms with E-state index in [9.17, 15) is 18.0 Å². The number of sulfonamides is 1. The largest absolute Gasteiger partial charge is 0.355 e. The molecule has 0 aliphatic heterocycles. The van der Waals surface area contributed by atoms with Crippen molar-refractivity contribution in [3.63, 3.8) is 0 Å². The van der Waals surface area contributed by atoms with Gasteiger partial charge in [0.1, 0.15) is 12.6 Å². The normalized spacial score (nSPS) is 12.0. The van der Waals surface area contributed by atoms with Gasteiger partial charge in [0.05, 0.1) is 10.6 Å². The standard InChI is InChI=1S/C31H39N3O4S/c1-6-28(31(36)32-7-2)33(20-19-26-11-9-8-10-12-26)30(35)22-34(29-21-24(4)13-16-25(29)5)39(37,38)27-17-14-23(3)15-18-27/h8-18,21,28H,6-7,19-20,22H2,1-5H3,(H,32,36). The van der Waals surface area contributed by atoms with Gasteiger partial charge in [-0.15, -0.1) is 0 Å². The number of carbonyl (C=O) groups is 2. The molecule has 0 spiro atoms. The molecule has 0 radical (unpaired) electrons. The maximum absolute atomic E-state index is 14.0. The highest BCUT2D eigenvalue weighted by atomic mass is 32.2. The number of carbonyl (C=O) groups excluding carboxylic acids is 2. The van der Waals surface area contributed by atoms with Crippen molar-refractivity contribution in [2.45, 2.75) is 58.4 Å². The summed E-state index contributed by atoms with van der Waals surface area (Å²) in [5.74, 6) is -0.679. The minimum Gasteiger partial charge on any atom is -0.355 e. The van der Waals surface area contributed by atoms with Gasteiger partial charge in [-0.3, -0.25) is 13.9 Å². The van der Waals surface area contributed by atoms with Crippen LogP contribution >= 0.6 is 0 Å². The summed E-state index contributed by atoms with van der Waals surface area (Å²) in [5, 5.41) is 2.83. The second-order valence-electron chi connectivity index (χ2n) is 9.76. The van der Waals surface area contributed by atoms with E-state index in [0.29, 0.717) is 25.1 Å². The van der Waals surface area contributed by atoms with Gasteiger partial charge in [-0.2, -0.15) is 0 Å². The molecular formula is C31H39N3O4S. The van der Waals surface area contributed by atoms with E-state index < -0.39 is 28.5 Å². The van der Waals surface area contributed by atoms with Gasteiger partial charge in [0.2, 0.25) is 11.8 Å². The molecule has 3 aromatic carbocycles. The van der Waals surface area contributed by atoms with Crippen molar-refractivity contribution >= 4 is 27.5 Å². The second-order valence-corrected chi connectivity index (χ2v) is 11.6. The van der Waals surface area contributed by atoms with Crippen molar-refractivity contribution in [2.24, 2.45) is 0 Å². The minimum atomic E-state index is -4.08. The Morgan fingerprint density at radius 2 is 1.51 bits per heavy atom. The second kappa shape index (κ2) is 13.4. The Kier molecular flexibility index (Phi) is 10.3. The van der Waals surface area contributed by atoms with Crippen LogP contribution in [0.2, 0.25) is 0 Å². The first-order valence-corrected chi connectivity index (χ1v) is 14.8. The Bertz CT molecular complexity index is 1370. The molecule has 1 atom stereocenters. The zero-order chi connectivity index (χ0) is 28.6. The van der Waals surface area contributed by atoms with Gasteiger partial charge >= 0.3 is 0 Å². The maximum atomic E-state index is 14.0. The highest BCUT2D eigenvalue weighted by Gasteiger charge is 2.33. The van der Waals surface area contributed by atoms with Gasteiger partial charge in [-0.05, 0) is 75.4 Å². The van der Waals surface area contributed by atoms with Crippen LogP contribution < -0.4 is 9.62 Å². The third kappa shape index (κ3) is 7.47. The number of hydrogen-bond acceptors (Lipinski definition) is 4. The van der Waals surface area contributed by atoms with Crippen LogP contribution in [0.25, 0.3) is 0 Å². The number of nitrogens with one attached hydrogen (secondary N) is 1. The lowest BCUT2D eigenvalue weighted by Crippen LogP contribution is -2.53. The maximum Gasteiger partial charge on any atom is 0.264 e. The summed E-state index contributed by atoms with van der Waals surface area (Å²) in [6.45, 7) is 9.58. The van der Waals surface area contributed by atoms with E-state index in [1.54, 1.807) is 30.3 Å². The zero-order valence-electron chi connectivity index (χ0n) is 23.5. The van der Waals surface area contributed by atoms with Gasteiger partial charge in [0.25, 0.3) is 10.0 Å². The van der Waals surface area contributed by atoms with Gasteiger partial charge in [0, 0.05) is 13.1 Å². The van der Waals surface area contributed by atoms with Gasteiger partial charge in [-0.1, -0.05) is 67.1 Å². The molecule has 0 aliphatic rings. The van der Waals surface area contributed by atoms with Crippen LogP contribution in [0.4, 0.5) is 5.69 Å². The van der Waals surface area contributed by atoms with Crippen molar-refractivity contribution in [2.75, 3.05) is 23.9 Å². The molecule has 1 unspecified atom stereocenters. The van der Waals surface area contributed by atoms with Crippen LogP contribution in [-0.2, 0) is 26.0 Å². The molecule has 0 aliphatic carbocycles. The molecule has 0 saturated carbocycles. The van der Waals surface area contributed by atoms with Gasteiger partial charge in [0.15, 0.2) is 0 Å². The number of likely N-dealkylation sites (N-methyl/N-ethyl adjacent to an activating group) is 1. The van der Waals surface area contributed by atoms with Crippen LogP contribution in [0.15, 0.2) is 77.7 Å². The number of benzene rings is 3. The Morgan fingerprint density at radius 1 is 0.872 bits per heavy atom. The molecule has 7 nitrogen and oxygen atoms in total. The van der Waals surface area contributed by atoms with Crippen LogP contribution in [0.1, 0.15) is 42.5 Å². The SMILES string of the molecule is CCNC(=O)C(CC)N(CCc1ccccc1)C(=O)CN(c1cc(C)ccc1C)S(=O)(=O)c1ccc(C)cc1. The van der Waals surface area contributed by atoms with Crippen LogP contribution in [0, 0.1) is 20.8 Å². The monoisotopic (exact) mass is 549 g/mol. The summed E-state index contributed by atoms with van der Waals surface area (Å²) >= 11 is 0. The zero-order valence-corrected chi connectivity index (χ0v) is 24.3. The van der Waals surface area contributed by atoms with Crippen LogP contribution in [-0.4, -0.2) is 50.8 Å². The van der Waals surface area contributed by atoms with Crippen LogP contribution in [0.3, 0.4) is 0 Å². The summed E-state index contributed by atoms with van der Waals surface area (Å²) in [7, 11) is -4.08. The van der Waals surface area contributed by atoms with E-state index in [1.165, 1.54) is 9.21 Å². The fourth-order valence-electron chi connectivity index (χ4n) is 4.53. The first kappa shape index (κ1) is 29.9. The fourth-order valence-corrected chi connectivity index (χ4v) is 6.00. The Hall–Kier alpha value is -3.65. The van der Waals surface area contributed by atoms with Gasteiger partial charge in [-0.25, -0.2) is 8.42 Å². The predicted octanol–water partition coefficient (Wildman–Crippen LogP) is 4.79. The van der Waals surface area contributed by atoms with E-state index in [0.717, 1.165) is 22.3 Å². The summed E-state index contributed by atoms with van der Waals surface area (Å²) < 4.78 is 29.2. The number of hydrogen-bond donors (Lipinski definition) is 1. The van der Waals surface area contributed by atoms with Crippen molar-refractivity contribution in [1.82, 2.24) is 10.2 Å². The highest BCUT2D eigenvalue weighted by Crippen LogP contribution is 2.28. The third-order valence-corrected chi connectivity index (χ3v) is 8.52. The van der Waals surface area contributed by atoms with E-state index in [-0.39, 0.29) is 17.3 Å². The number of rotatable bonds is 12. The Morgan fingerprint density at radius 3 is 2.13 bits per heavy atom. The number of nitrogens with zero attached hydrogens (tertiary/aromatic N) is 2. The average Bonchev–Trinajstić information content (AvgIpc) is 2.91. The molecule has 0 saturated heterocycles. The molecule has 3 rings (SSSR count). The topological polar surface area (TPSA) is 86.8 Å². The molecule has 0 fully saturated rings. The molecule has 8 heteroatoms. The van der Waals surface area contributed by atoms with E-state index in [1.807, 2.05) is 77.1 Å². The summed E-state index contributed by atoms with van der Waals surface area (Å²) in [6, 6.07) is 21.1. The first-order chi connectivity index (χ1) is 18.6.